The summed E-state index contributed by atoms with van der Waals surface area (Å²) in [6, 6.07) is 5.24. The van der Waals surface area contributed by atoms with Gasteiger partial charge < -0.3 is 27.0 Å². The van der Waals surface area contributed by atoms with Crippen molar-refractivity contribution >= 4 is 12.2 Å². The molecule has 2 rings (SSSR count). The van der Waals surface area contributed by atoms with Crippen molar-refractivity contribution in [2.45, 2.75) is 6.92 Å². The molecular weight excluding hydrogens is 332 g/mol. The summed E-state index contributed by atoms with van der Waals surface area (Å²) in [5, 5.41) is 9.98. The Balaban J connectivity index is 0.00000288. The monoisotopic (exact) mass is 352 g/mol. The zero-order valence-electron chi connectivity index (χ0n) is 14.3. The molecule has 0 bridgehead atoms. The van der Waals surface area contributed by atoms with Crippen LogP contribution in [0, 0.1) is 6.92 Å². The zero-order chi connectivity index (χ0) is 17.1. The van der Waals surface area contributed by atoms with Crippen molar-refractivity contribution < 1.29 is 31.6 Å². The molecule has 1 aromatic heterocycles. The average molecular weight is 353 g/mol. The largest absolute Gasteiger partial charge is 1.00 e. The highest BCUT2D eigenvalue weighted by Crippen LogP contribution is 2.37. The van der Waals surface area contributed by atoms with Gasteiger partial charge >= 0.3 is 5.69 Å². The van der Waals surface area contributed by atoms with Crippen molar-refractivity contribution in [3.63, 3.8) is 0 Å². The van der Waals surface area contributed by atoms with Crippen LogP contribution in [-0.4, -0.2) is 23.9 Å². The molecule has 0 amide bonds. The van der Waals surface area contributed by atoms with E-state index in [9.17, 15) is 9.90 Å². The number of hydrogen-bond acceptors (Lipinski definition) is 4. The predicted octanol–water partition coefficient (Wildman–Crippen LogP) is -1.58. The minimum absolute atomic E-state index is 0. The molecule has 0 saturated heterocycles. The van der Waals surface area contributed by atoms with Gasteiger partial charge in [-0.05, 0) is 30.7 Å². The SMILES string of the molecule is COc1cc(/C=C/c2cc(C)n(C)c(=O)[n+]2C)cc(O)c1OC.[Cl-]. The van der Waals surface area contributed by atoms with Gasteiger partial charge in [0.2, 0.25) is 5.75 Å². The molecule has 0 saturated carbocycles. The number of aromatic nitrogens is 2. The average Bonchev–Trinajstić information content (AvgIpc) is 2.54. The molecule has 0 atom stereocenters. The maximum Gasteiger partial charge on any atom is 0.498 e. The van der Waals surface area contributed by atoms with Gasteiger partial charge in [0.25, 0.3) is 0 Å². The number of methoxy groups -OCH3 is 2. The van der Waals surface area contributed by atoms with E-state index < -0.39 is 0 Å². The number of halogens is 1. The maximum atomic E-state index is 12.1. The first-order chi connectivity index (χ1) is 10.9. The molecule has 0 aliphatic heterocycles. The van der Waals surface area contributed by atoms with Crippen molar-refractivity contribution in [3.8, 4) is 17.2 Å². The van der Waals surface area contributed by atoms with Crippen molar-refractivity contribution in [2.75, 3.05) is 14.2 Å². The summed E-state index contributed by atoms with van der Waals surface area (Å²) in [6.45, 7) is 1.88. The Morgan fingerprint density at radius 2 is 1.83 bits per heavy atom. The van der Waals surface area contributed by atoms with Crippen LogP contribution in [0.25, 0.3) is 12.2 Å². The fraction of sp³-hybridized carbons (Fsp3) is 0.294. The third kappa shape index (κ3) is 3.71. The Kier molecular flexibility index (Phi) is 6.42. The van der Waals surface area contributed by atoms with Crippen LogP contribution in [0.1, 0.15) is 17.0 Å². The normalized spacial score (nSPS) is 10.5. The minimum Gasteiger partial charge on any atom is -1.00 e. The third-order valence-corrected chi connectivity index (χ3v) is 3.78. The summed E-state index contributed by atoms with van der Waals surface area (Å²) in [5.74, 6) is 0.729. The summed E-state index contributed by atoms with van der Waals surface area (Å²) in [5.41, 5.74) is 2.26. The molecule has 1 aromatic carbocycles. The quantitative estimate of drug-likeness (QED) is 0.674. The molecule has 24 heavy (non-hydrogen) atoms. The third-order valence-electron chi connectivity index (χ3n) is 3.78. The number of phenolic OH excluding ortho intramolecular Hbond substituents is 1. The van der Waals surface area contributed by atoms with Gasteiger partial charge in [0.15, 0.2) is 11.5 Å². The lowest BCUT2D eigenvalue weighted by molar-refractivity contribution is -0.692. The molecule has 1 N–H and O–H groups in total. The number of ether oxygens (including phenoxy) is 2. The van der Waals surface area contributed by atoms with Crippen LogP contribution >= 0.6 is 0 Å². The van der Waals surface area contributed by atoms with Crippen LogP contribution in [0.3, 0.4) is 0 Å². The molecule has 130 valence electrons. The number of aryl methyl sites for hydroxylation is 1. The van der Waals surface area contributed by atoms with Crippen LogP contribution in [0.4, 0.5) is 0 Å². The molecule has 0 fully saturated rings. The Hall–Kier alpha value is -2.47. The van der Waals surface area contributed by atoms with E-state index in [1.807, 2.05) is 19.1 Å². The minimum atomic E-state index is -0.0974. The van der Waals surface area contributed by atoms with Crippen molar-refractivity contribution in [3.05, 3.63) is 45.6 Å². The van der Waals surface area contributed by atoms with Crippen LogP contribution in [0.2, 0.25) is 0 Å². The van der Waals surface area contributed by atoms with Gasteiger partial charge in [0, 0.05) is 6.07 Å². The lowest BCUT2D eigenvalue weighted by Crippen LogP contribution is -3.00. The molecular formula is C17H21ClN2O4. The van der Waals surface area contributed by atoms with E-state index in [4.69, 9.17) is 9.47 Å². The van der Waals surface area contributed by atoms with E-state index >= 15 is 0 Å². The molecule has 0 radical (unpaired) electrons. The van der Waals surface area contributed by atoms with Gasteiger partial charge in [-0.3, -0.25) is 0 Å². The number of phenols is 1. The Morgan fingerprint density at radius 3 is 2.42 bits per heavy atom. The number of nitrogens with zero attached hydrogens (tertiary/aromatic N) is 2. The summed E-state index contributed by atoms with van der Waals surface area (Å²) in [6.07, 6.45) is 3.62. The maximum absolute atomic E-state index is 12.1. The van der Waals surface area contributed by atoms with Crippen LogP contribution in [0.15, 0.2) is 23.0 Å². The van der Waals surface area contributed by atoms with E-state index in [1.54, 1.807) is 41.4 Å². The standard InChI is InChI=1S/C17H20N2O4.ClH/c1-11-8-13(19(3)17(21)18(11)2)7-6-12-9-14(20)16(23-5)15(10-12)22-4;/h6-10H,1-5H3;1H/b7-6+;. The molecule has 0 aliphatic rings. The van der Waals surface area contributed by atoms with E-state index in [0.29, 0.717) is 11.5 Å². The topological polar surface area (TPSA) is 64.6 Å². The summed E-state index contributed by atoms with van der Waals surface area (Å²) < 4.78 is 13.5. The predicted molar refractivity (Wildman–Crippen MR) is 87.7 cm³/mol. The summed E-state index contributed by atoms with van der Waals surface area (Å²) in [7, 11) is 6.43. The molecule has 2 aromatic rings. The Bertz CT molecular complexity index is 828. The number of aromatic hydroxyl groups is 1. The second-order valence-electron chi connectivity index (χ2n) is 5.22. The van der Waals surface area contributed by atoms with Gasteiger partial charge in [-0.25, -0.2) is 0 Å². The van der Waals surface area contributed by atoms with Crippen molar-refractivity contribution in [1.82, 2.24) is 4.57 Å². The number of rotatable bonds is 4. The van der Waals surface area contributed by atoms with Crippen molar-refractivity contribution in [2.24, 2.45) is 14.1 Å². The second-order valence-corrected chi connectivity index (χ2v) is 5.22. The fourth-order valence-electron chi connectivity index (χ4n) is 2.30. The summed E-state index contributed by atoms with van der Waals surface area (Å²) in [4.78, 5) is 12.1. The molecule has 6 nitrogen and oxygen atoms in total. The van der Waals surface area contributed by atoms with E-state index in [-0.39, 0.29) is 23.8 Å². The smallest absolute Gasteiger partial charge is 0.498 e. The summed E-state index contributed by atoms with van der Waals surface area (Å²) >= 11 is 0. The highest BCUT2D eigenvalue weighted by molar-refractivity contribution is 5.70. The van der Waals surface area contributed by atoms with Gasteiger partial charge in [0.1, 0.15) is 11.4 Å². The number of benzene rings is 1. The fourth-order valence-corrected chi connectivity index (χ4v) is 2.30. The zero-order valence-corrected chi connectivity index (χ0v) is 15.1. The Labute approximate surface area is 147 Å². The first-order valence-corrected chi connectivity index (χ1v) is 7.08. The van der Waals surface area contributed by atoms with Crippen LogP contribution in [0.5, 0.6) is 17.2 Å². The molecule has 1 heterocycles. The number of hydrogen-bond donors (Lipinski definition) is 1. The van der Waals surface area contributed by atoms with Gasteiger partial charge in [-0.15, -0.1) is 0 Å². The first-order valence-electron chi connectivity index (χ1n) is 7.08. The highest BCUT2D eigenvalue weighted by Gasteiger charge is 2.13. The van der Waals surface area contributed by atoms with Gasteiger partial charge in [-0.1, -0.05) is 6.08 Å². The Morgan fingerprint density at radius 1 is 1.17 bits per heavy atom. The van der Waals surface area contributed by atoms with Crippen LogP contribution in [-0.2, 0) is 14.1 Å². The molecule has 0 aliphatic carbocycles. The second kappa shape index (κ2) is 7.88. The van der Waals surface area contributed by atoms with E-state index in [0.717, 1.165) is 17.0 Å². The lowest BCUT2D eigenvalue weighted by Gasteiger charge is -2.10. The van der Waals surface area contributed by atoms with Crippen LogP contribution < -0.4 is 32.1 Å². The molecule has 0 spiro atoms. The highest BCUT2D eigenvalue weighted by atomic mass is 35.5. The first kappa shape index (κ1) is 19.6. The molecule has 0 unspecified atom stereocenters. The van der Waals surface area contributed by atoms with E-state index in [2.05, 4.69) is 0 Å². The van der Waals surface area contributed by atoms with E-state index in [1.165, 1.54) is 14.2 Å². The lowest BCUT2D eigenvalue weighted by atomic mass is 10.1. The van der Waals surface area contributed by atoms with Gasteiger partial charge in [-0.2, -0.15) is 13.9 Å². The molecule has 7 heteroatoms. The van der Waals surface area contributed by atoms with Crippen molar-refractivity contribution in [1.29, 1.82) is 0 Å². The van der Waals surface area contributed by atoms with Gasteiger partial charge in [0.05, 0.1) is 28.3 Å².